The minimum Gasteiger partial charge on any atom is -0.478 e. The molecule has 0 aliphatic rings. The summed E-state index contributed by atoms with van der Waals surface area (Å²) < 4.78 is 2.93. The molecule has 0 heterocycles. The first-order valence-corrected chi connectivity index (χ1v) is 4.21. The minimum atomic E-state index is -1.37. The molecule has 0 amide bonds. The van der Waals surface area contributed by atoms with E-state index in [0.717, 1.165) is 0 Å². The highest BCUT2D eigenvalue weighted by atomic mass is 35.5. The number of anilines is 2. The van der Waals surface area contributed by atoms with E-state index in [1.54, 1.807) is 0 Å². The summed E-state index contributed by atoms with van der Waals surface area (Å²) in [6.07, 6.45) is 0. The lowest BCUT2D eigenvalue weighted by atomic mass is 10.1. The first-order chi connectivity index (χ1) is 7.52. The van der Waals surface area contributed by atoms with Crippen molar-refractivity contribution in [2.45, 2.75) is 0 Å². The molecule has 1 aromatic carbocycles. The van der Waals surface area contributed by atoms with Crippen molar-refractivity contribution >= 4 is 40.5 Å². The second kappa shape index (κ2) is 4.53. The monoisotopic (exact) mass is 242 g/mol. The van der Waals surface area contributed by atoms with Crippen LogP contribution in [0.1, 0.15) is 10.4 Å². The molecule has 84 valence electrons. The zero-order valence-electron chi connectivity index (χ0n) is 7.81. The maximum absolute atomic E-state index is 11.0. The van der Waals surface area contributed by atoms with Crippen molar-refractivity contribution in [3.8, 4) is 0 Å². The summed E-state index contributed by atoms with van der Waals surface area (Å²) in [7, 11) is 0. The molecule has 0 aliphatic carbocycles. The van der Waals surface area contributed by atoms with Gasteiger partial charge in [-0.15, -0.1) is 5.11 Å². The summed E-state index contributed by atoms with van der Waals surface area (Å²) in [6.45, 7) is 0. The highest BCUT2D eigenvalue weighted by Crippen LogP contribution is 2.39. The van der Waals surface area contributed by atoms with Gasteiger partial charge in [-0.1, -0.05) is 4.63 Å². The number of rotatable bonds is 3. The Kier molecular flexibility index (Phi) is 3.36. The molecular formula is C7H7ClN6O2. The standard InChI is InChI=1S/C7H7ClN6O2/c8-14-13-6-3(10)1-2(9)5(12-11)4(6)7(15)16/h1,11H,9-10H2,(H,15,16). The van der Waals surface area contributed by atoms with Gasteiger partial charge in [0, 0.05) is 0 Å². The third kappa shape index (κ3) is 1.91. The van der Waals surface area contributed by atoms with Crippen molar-refractivity contribution in [3.63, 3.8) is 0 Å². The number of nitrogens with one attached hydrogen (secondary N) is 1. The van der Waals surface area contributed by atoms with Crippen molar-refractivity contribution in [1.82, 2.24) is 0 Å². The molecule has 1 aromatic rings. The SMILES string of the molecule is N=Nc1c(N)cc(N)c(N=NCl)c1C(=O)O. The van der Waals surface area contributed by atoms with Crippen LogP contribution in [-0.4, -0.2) is 11.1 Å². The average Bonchev–Trinajstić information content (AvgIpc) is 2.21. The van der Waals surface area contributed by atoms with Gasteiger partial charge in [-0.25, -0.2) is 10.3 Å². The third-order valence-corrected chi connectivity index (χ3v) is 1.87. The van der Waals surface area contributed by atoms with Crippen LogP contribution in [0, 0.1) is 5.53 Å². The Bertz CT molecular complexity index is 486. The van der Waals surface area contributed by atoms with Crippen molar-refractivity contribution in [2.75, 3.05) is 11.5 Å². The van der Waals surface area contributed by atoms with Crippen LogP contribution >= 0.6 is 11.8 Å². The molecule has 0 fully saturated rings. The molecule has 9 heteroatoms. The highest BCUT2D eigenvalue weighted by molar-refractivity contribution is 6.14. The average molecular weight is 243 g/mol. The van der Waals surface area contributed by atoms with E-state index >= 15 is 0 Å². The van der Waals surface area contributed by atoms with E-state index in [2.05, 4.69) is 14.9 Å². The molecule has 0 radical (unpaired) electrons. The Labute approximate surface area is 94.5 Å². The number of halogens is 1. The number of benzene rings is 1. The van der Waals surface area contributed by atoms with E-state index in [4.69, 9.17) is 33.9 Å². The zero-order valence-corrected chi connectivity index (χ0v) is 8.56. The molecule has 6 N–H and O–H groups in total. The van der Waals surface area contributed by atoms with Gasteiger partial charge in [0.15, 0.2) is 0 Å². The smallest absolute Gasteiger partial charge is 0.340 e. The van der Waals surface area contributed by atoms with E-state index in [-0.39, 0.29) is 22.7 Å². The normalized spacial score (nSPS) is 10.6. The predicted octanol–water partition coefficient (Wildman–Crippen LogP) is 2.45. The van der Waals surface area contributed by atoms with Gasteiger partial charge in [0.25, 0.3) is 0 Å². The van der Waals surface area contributed by atoms with Gasteiger partial charge in [0.2, 0.25) is 0 Å². The Morgan fingerprint density at radius 2 is 1.94 bits per heavy atom. The van der Waals surface area contributed by atoms with E-state index in [0.29, 0.717) is 0 Å². The van der Waals surface area contributed by atoms with E-state index < -0.39 is 11.5 Å². The van der Waals surface area contributed by atoms with Crippen LogP contribution in [0.4, 0.5) is 22.7 Å². The maximum atomic E-state index is 11.0. The van der Waals surface area contributed by atoms with Crippen molar-refractivity contribution < 1.29 is 9.90 Å². The summed E-state index contributed by atoms with van der Waals surface area (Å²) in [6, 6.07) is 1.24. The number of aromatic carboxylic acids is 1. The van der Waals surface area contributed by atoms with Crippen LogP contribution in [0.3, 0.4) is 0 Å². The van der Waals surface area contributed by atoms with Gasteiger partial charge in [0.05, 0.1) is 23.2 Å². The third-order valence-electron chi connectivity index (χ3n) is 1.79. The molecule has 0 saturated heterocycles. The molecule has 0 aliphatic heterocycles. The lowest BCUT2D eigenvalue weighted by Crippen LogP contribution is -2.02. The lowest BCUT2D eigenvalue weighted by Gasteiger charge is -2.08. The number of carboxylic acid groups (broad SMARTS) is 1. The molecule has 1 rings (SSSR count). The Hall–Kier alpha value is -2.22. The van der Waals surface area contributed by atoms with Crippen LogP contribution < -0.4 is 11.5 Å². The quantitative estimate of drug-likeness (QED) is 0.475. The van der Waals surface area contributed by atoms with Crippen LogP contribution in [-0.2, 0) is 0 Å². The van der Waals surface area contributed by atoms with Crippen LogP contribution in [0.5, 0.6) is 0 Å². The molecule has 0 bridgehead atoms. The van der Waals surface area contributed by atoms with Crippen LogP contribution in [0.15, 0.2) is 20.9 Å². The summed E-state index contributed by atoms with van der Waals surface area (Å²) in [4.78, 5) is 11.0. The Balaban J connectivity index is 3.71. The van der Waals surface area contributed by atoms with Crippen molar-refractivity contribution in [2.24, 2.45) is 14.9 Å². The van der Waals surface area contributed by atoms with E-state index in [1.165, 1.54) is 6.07 Å². The molecule has 8 nitrogen and oxygen atoms in total. The van der Waals surface area contributed by atoms with E-state index in [9.17, 15) is 4.79 Å². The fourth-order valence-electron chi connectivity index (χ4n) is 1.17. The first-order valence-electron chi connectivity index (χ1n) is 3.87. The van der Waals surface area contributed by atoms with Gasteiger partial charge in [0.1, 0.15) is 16.9 Å². The van der Waals surface area contributed by atoms with Gasteiger partial charge < -0.3 is 16.6 Å². The largest absolute Gasteiger partial charge is 0.478 e. The van der Waals surface area contributed by atoms with Gasteiger partial charge in [-0.2, -0.15) is 5.11 Å². The minimum absolute atomic E-state index is 0.00769. The summed E-state index contributed by atoms with van der Waals surface area (Å²) in [5.41, 5.74) is 17.0. The van der Waals surface area contributed by atoms with Gasteiger partial charge in [-0.05, 0) is 6.07 Å². The molecule has 0 spiro atoms. The Morgan fingerprint density at radius 3 is 2.38 bits per heavy atom. The molecule has 0 aromatic heterocycles. The fourth-order valence-corrected chi connectivity index (χ4v) is 1.25. The number of hydrogen-bond donors (Lipinski definition) is 4. The maximum Gasteiger partial charge on any atom is 0.340 e. The molecule has 0 saturated carbocycles. The number of carbonyl (C=O) groups is 1. The number of nitrogen functional groups attached to an aromatic ring is 2. The summed E-state index contributed by atoms with van der Waals surface area (Å²) in [5, 5.41) is 15.3. The van der Waals surface area contributed by atoms with Gasteiger partial charge in [-0.3, -0.25) is 0 Å². The summed E-state index contributed by atoms with van der Waals surface area (Å²) in [5.74, 6) is -1.37. The molecule has 0 atom stereocenters. The number of nitrogens with zero attached hydrogens (tertiary/aromatic N) is 3. The second-order valence-corrected chi connectivity index (χ2v) is 2.87. The van der Waals surface area contributed by atoms with Crippen LogP contribution in [0.2, 0.25) is 0 Å². The first kappa shape index (κ1) is 11.9. The predicted molar refractivity (Wildman–Crippen MR) is 57.4 cm³/mol. The summed E-state index contributed by atoms with van der Waals surface area (Å²) >= 11 is 5.02. The highest BCUT2D eigenvalue weighted by Gasteiger charge is 2.21. The number of hydrogen-bond acceptors (Lipinski definition) is 7. The second-order valence-electron chi connectivity index (χ2n) is 2.72. The topological polar surface area (TPSA) is 150 Å². The number of nitrogens with two attached hydrogens (primary N) is 2. The molecular weight excluding hydrogens is 236 g/mol. The van der Waals surface area contributed by atoms with Gasteiger partial charge >= 0.3 is 5.97 Å². The zero-order chi connectivity index (χ0) is 12.3. The van der Waals surface area contributed by atoms with Crippen molar-refractivity contribution in [3.05, 3.63) is 11.6 Å². The van der Waals surface area contributed by atoms with Crippen molar-refractivity contribution in [1.29, 1.82) is 5.53 Å². The number of carboxylic acids is 1. The van der Waals surface area contributed by atoms with E-state index in [1.807, 2.05) is 0 Å². The van der Waals surface area contributed by atoms with Crippen LogP contribution in [0.25, 0.3) is 0 Å². The Morgan fingerprint density at radius 1 is 1.38 bits per heavy atom. The molecule has 0 unspecified atom stereocenters. The lowest BCUT2D eigenvalue weighted by molar-refractivity contribution is 0.0698. The fraction of sp³-hybridized carbons (Fsp3) is 0. The molecule has 16 heavy (non-hydrogen) atoms.